The summed E-state index contributed by atoms with van der Waals surface area (Å²) in [7, 11) is 0. The second-order valence-electron chi connectivity index (χ2n) is 3.67. The van der Waals surface area contributed by atoms with Gasteiger partial charge in [0.25, 0.3) is 0 Å². The Hall–Kier alpha value is -1.09. The van der Waals surface area contributed by atoms with Gasteiger partial charge < -0.3 is 10.8 Å². The molecule has 5 heteroatoms. The quantitative estimate of drug-likeness (QED) is 0.304. The van der Waals surface area contributed by atoms with Crippen LogP contribution in [0.15, 0.2) is 0 Å². The monoisotopic (exact) mass is 228 g/mol. The van der Waals surface area contributed by atoms with Crippen LogP contribution in [-0.4, -0.2) is 29.8 Å². The van der Waals surface area contributed by atoms with E-state index in [1.54, 1.807) is 0 Å². The van der Waals surface area contributed by atoms with Crippen LogP contribution in [0.3, 0.4) is 0 Å². The molecular formula is C11H20N2O3. The Bertz CT molecular complexity index is 238. The number of nitrogens with one attached hydrogen (secondary N) is 1. The first-order chi connectivity index (χ1) is 7.57. The van der Waals surface area contributed by atoms with Crippen molar-refractivity contribution >= 4 is 5.97 Å². The number of unbranched alkanes of at least 4 members (excludes halogenated alkanes) is 1. The van der Waals surface area contributed by atoms with Crippen molar-refractivity contribution in [3.63, 3.8) is 0 Å². The molecule has 0 bridgehead atoms. The molecule has 0 aliphatic heterocycles. The van der Waals surface area contributed by atoms with Crippen molar-refractivity contribution in [1.82, 2.24) is 5.48 Å². The van der Waals surface area contributed by atoms with Gasteiger partial charge in [0.05, 0.1) is 6.10 Å². The molecule has 2 atom stereocenters. The number of terminal acetylenes is 1. The normalized spacial score (nSPS) is 14.1. The minimum atomic E-state index is -0.952. The first kappa shape index (κ1) is 14.9. The molecule has 0 rings (SSSR count). The molecule has 16 heavy (non-hydrogen) atoms. The minimum absolute atomic E-state index is 0.00808. The lowest BCUT2D eigenvalue weighted by molar-refractivity contribution is -0.138. The first-order valence-electron chi connectivity index (χ1n) is 5.38. The standard InChI is InChI=1S/C11H20N2O3/c1-3-6-9(2)16-13-8-5-4-7-10(12)11(14)15/h1,9-10,13H,4-8,12H2,2H3,(H,14,15)/t9?,10-/m0/s1. The van der Waals surface area contributed by atoms with Crippen LogP contribution in [0.2, 0.25) is 0 Å². The molecule has 0 aliphatic carbocycles. The summed E-state index contributed by atoms with van der Waals surface area (Å²) in [5, 5.41) is 8.53. The Balaban J connectivity index is 3.28. The van der Waals surface area contributed by atoms with Gasteiger partial charge in [0.15, 0.2) is 0 Å². The third kappa shape index (κ3) is 8.24. The summed E-state index contributed by atoms with van der Waals surface area (Å²) in [4.78, 5) is 15.6. The topological polar surface area (TPSA) is 84.6 Å². The average Bonchev–Trinajstić information content (AvgIpc) is 2.23. The van der Waals surface area contributed by atoms with Gasteiger partial charge >= 0.3 is 5.97 Å². The Morgan fingerprint density at radius 2 is 2.31 bits per heavy atom. The van der Waals surface area contributed by atoms with Crippen molar-refractivity contribution < 1.29 is 14.7 Å². The number of carboxylic acid groups (broad SMARTS) is 1. The third-order valence-corrected chi connectivity index (χ3v) is 2.05. The van der Waals surface area contributed by atoms with Gasteiger partial charge in [-0.25, -0.2) is 5.48 Å². The summed E-state index contributed by atoms with van der Waals surface area (Å²) in [6.07, 6.45) is 7.74. The molecule has 0 aromatic heterocycles. The van der Waals surface area contributed by atoms with Gasteiger partial charge in [0.1, 0.15) is 6.04 Å². The minimum Gasteiger partial charge on any atom is -0.480 e. The van der Waals surface area contributed by atoms with Crippen LogP contribution >= 0.6 is 0 Å². The zero-order chi connectivity index (χ0) is 12.4. The van der Waals surface area contributed by atoms with Gasteiger partial charge in [-0.1, -0.05) is 0 Å². The number of nitrogens with two attached hydrogens (primary N) is 1. The lowest BCUT2D eigenvalue weighted by Gasteiger charge is -2.11. The van der Waals surface area contributed by atoms with E-state index in [2.05, 4.69) is 11.4 Å². The molecule has 0 aromatic rings. The molecule has 0 aromatic carbocycles. The molecule has 0 saturated heterocycles. The van der Waals surface area contributed by atoms with E-state index in [1.807, 2.05) is 6.92 Å². The number of hydrogen-bond acceptors (Lipinski definition) is 4. The molecule has 4 N–H and O–H groups in total. The maximum absolute atomic E-state index is 10.4. The predicted octanol–water partition coefficient (Wildman–Crippen LogP) is 0.502. The van der Waals surface area contributed by atoms with E-state index in [-0.39, 0.29) is 6.10 Å². The zero-order valence-corrected chi connectivity index (χ0v) is 9.61. The summed E-state index contributed by atoms with van der Waals surface area (Å²) < 4.78 is 0. The largest absolute Gasteiger partial charge is 0.480 e. The lowest BCUT2D eigenvalue weighted by atomic mass is 10.1. The highest BCUT2D eigenvalue weighted by Crippen LogP contribution is 1.99. The van der Waals surface area contributed by atoms with E-state index in [9.17, 15) is 4.79 Å². The number of carboxylic acids is 1. The molecule has 0 saturated carbocycles. The summed E-state index contributed by atoms with van der Waals surface area (Å²) in [6, 6.07) is -0.763. The van der Waals surface area contributed by atoms with Gasteiger partial charge in [-0.15, -0.1) is 12.3 Å². The summed E-state index contributed by atoms with van der Waals surface area (Å²) in [5.74, 6) is 1.55. The average molecular weight is 228 g/mol. The number of aliphatic carboxylic acids is 1. The molecule has 0 aliphatic rings. The van der Waals surface area contributed by atoms with Crippen LogP contribution in [0.25, 0.3) is 0 Å². The fraction of sp³-hybridized carbons (Fsp3) is 0.727. The lowest BCUT2D eigenvalue weighted by Crippen LogP contribution is -2.30. The molecule has 0 spiro atoms. The van der Waals surface area contributed by atoms with Crippen LogP contribution in [0, 0.1) is 12.3 Å². The fourth-order valence-electron chi connectivity index (χ4n) is 1.09. The van der Waals surface area contributed by atoms with Crippen LogP contribution in [0.5, 0.6) is 0 Å². The predicted molar refractivity (Wildman–Crippen MR) is 61.5 cm³/mol. The third-order valence-electron chi connectivity index (χ3n) is 2.05. The highest BCUT2D eigenvalue weighted by atomic mass is 16.7. The molecule has 5 nitrogen and oxygen atoms in total. The van der Waals surface area contributed by atoms with Crippen molar-refractivity contribution in [2.24, 2.45) is 5.73 Å². The van der Waals surface area contributed by atoms with Gasteiger partial charge in [-0.05, 0) is 26.2 Å². The van der Waals surface area contributed by atoms with Crippen LogP contribution < -0.4 is 11.2 Å². The molecule has 92 valence electrons. The van der Waals surface area contributed by atoms with Gasteiger partial charge in [0.2, 0.25) is 0 Å². The Morgan fingerprint density at radius 1 is 1.62 bits per heavy atom. The van der Waals surface area contributed by atoms with Crippen LogP contribution in [0.4, 0.5) is 0 Å². The van der Waals surface area contributed by atoms with Gasteiger partial charge in [-0.3, -0.25) is 9.63 Å². The number of hydroxylamine groups is 1. The van der Waals surface area contributed by atoms with Crippen LogP contribution in [0.1, 0.15) is 32.6 Å². The summed E-state index contributed by atoms with van der Waals surface area (Å²) in [6.45, 7) is 2.55. The van der Waals surface area contributed by atoms with E-state index in [4.69, 9.17) is 22.1 Å². The number of carbonyl (C=O) groups is 1. The molecule has 0 fully saturated rings. The smallest absolute Gasteiger partial charge is 0.320 e. The zero-order valence-electron chi connectivity index (χ0n) is 9.61. The van der Waals surface area contributed by atoms with E-state index in [0.29, 0.717) is 19.4 Å². The van der Waals surface area contributed by atoms with E-state index < -0.39 is 12.0 Å². The van der Waals surface area contributed by atoms with Crippen molar-refractivity contribution in [3.8, 4) is 12.3 Å². The molecule has 0 heterocycles. The SMILES string of the molecule is C#CCC(C)ONCCCC[C@H](N)C(=O)O. The van der Waals surface area contributed by atoms with Gasteiger partial charge in [-0.2, -0.15) is 0 Å². The summed E-state index contributed by atoms with van der Waals surface area (Å²) >= 11 is 0. The van der Waals surface area contributed by atoms with E-state index in [1.165, 1.54) is 0 Å². The molecule has 0 radical (unpaired) electrons. The Kier molecular flexibility index (Phi) is 8.53. The fourth-order valence-corrected chi connectivity index (χ4v) is 1.09. The van der Waals surface area contributed by atoms with Crippen molar-refractivity contribution in [2.75, 3.05) is 6.54 Å². The number of hydrogen-bond donors (Lipinski definition) is 3. The highest BCUT2D eigenvalue weighted by molar-refractivity contribution is 5.72. The maximum Gasteiger partial charge on any atom is 0.320 e. The second kappa shape index (κ2) is 9.16. The summed E-state index contributed by atoms with van der Waals surface area (Å²) in [5.41, 5.74) is 8.13. The Labute approximate surface area is 96.3 Å². The van der Waals surface area contributed by atoms with E-state index in [0.717, 1.165) is 12.8 Å². The number of rotatable bonds is 9. The molecular weight excluding hydrogens is 208 g/mol. The van der Waals surface area contributed by atoms with E-state index >= 15 is 0 Å². The second-order valence-corrected chi connectivity index (χ2v) is 3.67. The maximum atomic E-state index is 10.4. The molecule has 1 unspecified atom stereocenters. The van der Waals surface area contributed by atoms with Crippen LogP contribution in [-0.2, 0) is 9.63 Å². The van der Waals surface area contributed by atoms with Crippen molar-refractivity contribution in [1.29, 1.82) is 0 Å². The molecule has 0 amide bonds. The van der Waals surface area contributed by atoms with Crippen molar-refractivity contribution in [2.45, 2.75) is 44.8 Å². The van der Waals surface area contributed by atoms with Gasteiger partial charge in [0, 0.05) is 13.0 Å². The first-order valence-corrected chi connectivity index (χ1v) is 5.38. The van der Waals surface area contributed by atoms with Crippen molar-refractivity contribution in [3.05, 3.63) is 0 Å². The highest BCUT2D eigenvalue weighted by Gasteiger charge is 2.09. The Morgan fingerprint density at radius 3 is 2.88 bits per heavy atom.